The molecule has 0 heterocycles. The summed E-state index contributed by atoms with van der Waals surface area (Å²) in [5.74, 6) is 7.24. The van der Waals surface area contributed by atoms with Crippen LogP contribution in [-0.4, -0.2) is 6.29 Å². The van der Waals surface area contributed by atoms with Gasteiger partial charge in [-0.3, -0.25) is 6.29 Å². The second kappa shape index (κ2) is 12.3. The predicted octanol–water partition coefficient (Wildman–Crippen LogP) is 6.81. The van der Waals surface area contributed by atoms with Crippen molar-refractivity contribution in [2.45, 2.75) is 85.0 Å². The molecule has 4 aliphatic rings. The van der Waals surface area contributed by atoms with Crippen molar-refractivity contribution in [2.75, 3.05) is 0 Å². The third-order valence-electron chi connectivity index (χ3n) is 6.71. The van der Waals surface area contributed by atoms with Crippen LogP contribution in [-0.2, 0) is 50.8 Å². The largest absolute Gasteiger partial charge is 2.00 e. The zero-order chi connectivity index (χ0) is 18.6. The fourth-order valence-corrected chi connectivity index (χ4v) is 5.27. The van der Waals surface area contributed by atoms with E-state index in [-0.39, 0.29) is 51.4 Å². The summed E-state index contributed by atoms with van der Waals surface area (Å²) in [7, 11) is 0. The van der Waals surface area contributed by atoms with Crippen molar-refractivity contribution in [1.82, 2.24) is 0 Å². The van der Waals surface area contributed by atoms with E-state index in [1.165, 1.54) is 64.2 Å². The monoisotopic (exact) mass is 635 g/mol. The summed E-state index contributed by atoms with van der Waals surface area (Å²) in [5, 5.41) is 0. The molecule has 0 amide bonds. The molecule has 4 unspecified atom stereocenters. The average Bonchev–Trinajstić information content (AvgIpc) is 3.24. The van der Waals surface area contributed by atoms with E-state index in [1.54, 1.807) is 11.8 Å². The first-order valence-electron chi connectivity index (χ1n) is 10.9. The second-order valence-corrected chi connectivity index (χ2v) is 9.83. The maximum Gasteiger partial charge on any atom is 2.00 e. The van der Waals surface area contributed by atoms with Gasteiger partial charge in [0.2, 0.25) is 0 Å². The van der Waals surface area contributed by atoms with Crippen molar-refractivity contribution in [1.29, 1.82) is 0 Å². The molecule has 0 aromatic heterocycles. The maximum absolute atomic E-state index is 9.70. The molecule has 1 nitrogen and oxygen atoms in total. The zero-order valence-electron chi connectivity index (χ0n) is 18.0. The van der Waals surface area contributed by atoms with Crippen LogP contribution in [0.25, 0.3) is 0 Å². The first-order chi connectivity index (χ1) is 12.5. The normalized spacial score (nSPS) is 30.4. The Morgan fingerprint density at radius 2 is 1.18 bits per heavy atom. The fourth-order valence-electron chi connectivity index (χ4n) is 5.27. The summed E-state index contributed by atoms with van der Waals surface area (Å²) in [6.07, 6.45) is 26.3. The molecule has 0 aromatic carbocycles. The van der Waals surface area contributed by atoms with Crippen LogP contribution in [0.5, 0.6) is 0 Å². The van der Waals surface area contributed by atoms with E-state index in [0.29, 0.717) is 0 Å². The van der Waals surface area contributed by atoms with E-state index in [0.717, 1.165) is 23.7 Å². The summed E-state index contributed by atoms with van der Waals surface area (Å²) < 4.78 is 0. The Balaban J connectivity index is 0.000000434. The molecule has 28 heavy (non-hydrogen) atoms. The average molecular weight is 635 g/mol. The molecule has 155 valence electrons. The minimum Gasteiger partial charge on any atom is -0.541 e. The van der Waals surface area contributed by atoms with Gasteiger partial charge < -0.3 is 4.79 Å². The third-order valence-corrected chi connectivity index (χ3v) is 6.71. The van der Waals surface area contributed by atoms with Gasteiger partial charge in [0.25, 0.3) is 0 Å². The molecule has 4 aliphatic carbocycles. The smallest absolute Gasteiger partial charge is 0.541 e. The van der Waals surface area contributed by atoms with Gasteiger partial charge in [0.15, 0.2) is 0 Å². The molecule has 1 radical (unpaired) electrons. The van der Waals surface area contributed by atoms with Gasteiger partial charge in [-0.1, -0.05) is 95.8 Å². The van der Waals surface area contributed by atoms with Gasteiger partial charge in [0.1, 0.15) is 0 Å². The van der Waals surface area contributed by atoms with Crippen LogP contribution in [0.15, 0.2) is 24.3 Å². The van der Waals surface area contributed by atoms with Crippen LogP contribution < -0.4 is 0 Å². The molecule has 0 aliphatic heterocycles. The number of rotatable bonds is 3. The number of hydrogen-bond donors (Lipinski definition) is 0. The van der Waals surface area contributed by atoms with Gasteiger partial charge in [0, 0.05) is 0 Å². The zero-order valence-corrected chi connectivity index (χ0v) is 23.0. The van der Waals surface area contributed by atoms with Crippen molar-refractivity contribution in [3.63, 3.8) is 0 Å². The minimum atomic E-state index is -0.264. The first kappa shape index (κ1) is 26.4. The van der Waals surface area contributed by atoms with Crippen LogP contribution >= 0.6 is 0 Å². The van der Waals surface area contributed by atoms with E-state index in [2.05, 4.69) is 24.3 Å². The molecule has 2 saturated carbocycles. The van der Waals surface area contributed by atoms with Crippen LogP contribution in [0.3, 0.4) is 0 Å². The summed E-state index contributed by atoms with van der Waals surface area (Å²) in [6.45, 7) is 5.46. The van der Waals surface area contributed by atoms with E-state index in [1.807, 2.05) is 27.1 Å². The molecular formula is C25H37OOsZr. The van der Waals surface area contributed by atoms with Crippen LogP contribution in [0.2, 0.25) is 0 Å². The number of fused-ring (bicyclic) bond motifs is 2. The molecule has 3 heteroatoms. The van der Waals surface area contributed by atoms with E-state index >= 15 is 0 Å². The Bertz CT molecular complexity index is 483. The van der Waals surface area contributed by atoms with Gasteiger partial charge in [0.05, 0.1) is 0 Å². The van der Waals surface area contributed by atoms with Crippen molar-refractivity contribution in [3.05, 3.63) is 36.1 Å². The van der Waals surface area contributed by atoms with Gasteiger partial charge in [-0.25, -0.2) is 36.1 Å². The molecule has 0 bridgehead atoms. The van der Waals surface area contributed by atoms with E-state index in [4.69, 9.17) is 0 Å². The van der Waals surface area contributed by atoms with Crippen LogP contribution in [0.1, 0.15) is 85.0 Å². The number of hydrogen-bond acceptors (Lipinski definition) is 1. The summed E-state index contributed by atoms with van der Waals surface area (Å²) in [5.41, 5.74) is -0.264. The van der Waals surface area contributed by atoms with Crippen molar-refractivity contribution in [2.24, 2.45) is 29.1 Å². The van der Waals surface area contributed by atoms with E-state index < -0.39 is 0 Å². The SMILES string of the molecule is C1=CC2CCCCC2[C-]1CC[C-]1C=CC2CCCCC12.CC(C)(C)[C-]=O.[Os+].[Zr+2]. The van der Waals surface area contributed by atoms with Gasteiger partial charge >= 0.3 is 46.0 Å². The topological polar surface area (TPSA) is 17.1 Å². The van der Waals surface area contributed by atoms with Crippen LogP contribution in [0, 0.1) is 40.9 Å². The third kappa shape index (κ3) is 7.28. The molecule has 2 fully saturated rings. The number of allylic oxidation sites excluding steroid dienone is 4. The summed E-state index contributed by atoms with van der Waals surface area (Å²) >= 11 is 0. The van der Waals surface area contributed by atoms with Crippen LogP contribution in [0.4, 0.5) is 0 Å². The Morgan fingerprint density at radius 3 is 1.54 bits per heavy atom. The molecular weight excluding hydrogens is 598 g/mol. The second-order valence-electron chi connectivity index (χ2n) is 9.83. The molecule has 4 atom stereocenters. The standard InChI is InChI=1S/C20H28.C5H9O.Os.Zr/c1-3-7-19-15(5-1)9-11-17(19)13-14-18-12-10-16-6-2-4-8-20(16)18;1-5(2,3)4-6;;/h9-12,15-16,19-20H,1-8,13-14H2;1-3H3;;/q-2;-1;+1;+2. The summed E-state index contributed by atoms with van der Waals surface area (Å²) in [4.78, 5) is 9.70. The Morgan fingerprint density at radius 1 is 0.821 bits per heavy atom. The Labute approximate surface area is 206 Å². The predicted molar refractivity (Wildman–Crippen MR) is 110 cm³/mol. The Hall–Kier alpha value is 0.409. The van der Waals surface area contributed by atoms with Crippen molar-refractivity contribution >= 4 is 6.29 Å². The van der Waals surface area contributed by atoms with Crippen molar-refractivity contribution in [3.8, 4) is 0 Å². The Kier molecular flexibility index (Phi) is 11.6. The molecule has 0 saturated heterocycles. The van der Waals surface area contributed by atoms with Gasteiger partial charge in [-0.05, 0) is 0 Å². The molecule has 4 rings (SSSR count). The minimum absolute atomic E-state index is 0. The summed E-state index contributed by atoms with van der Waals surface area (Å²) in [6, 6.07) is 0. The van der Waals surface area contributed by atoms with Gasteiger partial charge in [-0.2, -0.15) is 0 Å². The number of carbonyl (C=O) groups excluding carboxylic acids is 1. The quantitative estimate of drug-likeness (QED) is 0.312. The first-order valence-corrected chi connectivity index (χ1v) is 10.9. The fraction of sp³-hybridized carbons (Fsp3) is 0.720. The molecule has 0 spiro atoms. The molecule has 0 N–H and O–H groups in total. The van der Waals surface area contributed by atoms with E-state index in [9.17, 15) is 4.79 Å². The molecule has 0 aromatic rings. The van der Waals surface area contributed by atoms with Gasteiger partial charge in [-0.15, -0.1) is 18.3 Å². The maximum atomic E-state index is 9.70. The van der Waals surface area contributed by atoms with Crippen molar-refractivity contribution < 1.29 is 50.8 Å².